The van der Waals surface area contributed by atoms with Crippen molar-refractivity contribution in [1.29, 1.82) is 0 Å². The first kappa shape index (κ1) is 26.6. The van der Waals surface area contributed by atoms with Crippen LogP contribution in [0.5, 0.6) is 0 Å². The van der Waals surface area contributed by atoms with Gasteiger partial charge in [0.05, 0.1) is 11.1 Å². The van der Waals surface area contributed by atoms with Crippen molar-refractivity contribution in [3.63, 3.8) is 0 Å². The minimum atomic E-state index is -6.06. The van der Waals surface area contributed by atoms with Gasteiger partial charge in [-0.3, -0.25) is 23.2 Å². The zero-order valence-corrected chi connectivity index (χ0v) is 20.6. The van der Waals surface area contributed by atoms with Gasteiger partial charge >= 0.3 is 0 Å². The average molecular weight is 572 g/mol. The van der Waals surface area contributed by atoms with Gasteiger partial charge in [0.25, 0.3) is 30.4 Å². The second-order valence-corrected chi connectivity index (χ2v) is 12.7. The van der Waals surface area contributed by atoms with Crippen LogP contribution in [0.1, 0.15) is 26.3 Å². The van der Waals surface area contributed by atoms with Crippen molar-refractivity contribution in [3.05, 3.63) is 75.2 Å². The van der Waals surface area contributed by atoms with E-state index in [4.69, 9.17) is 17.2 Å². The Hall–Kier alpha value is -3.45. The number of fused-ring (bicyclic) bond motifs is 1. The molecule has 196 valence electrons. The van der Waals surface area contributed by atoms with Crippen LogP contribution in [-0.2, 0) is 30.4 Å². The molecule has 0 aromatic heterocycles. The molecule has 17 heteroatoms. The smallest absolute Gasteiger partial charge is 0.292 e. The molecule has 0 radical (unpaired) electrons. The monoisotopic (exact) mass is 571 g/mol. The molecule has 0 saturated carbocycles. The summed E-state index contributed by atoms with van der Waals surface area (Å²) in [6.07, 6.45) is 0. The maximum atomic E-state index is 13.8. The quantitative estimate of drug-likeness (QED) is 0.202. The molecule has 0 bridgehead atoms. The molecule has 0 spiro atoms. The van der Waals surface area contributed by atoms with E-state index in [1.165, 1.54) is 24.3 Å². The zero-order chi connectivity index (χ0) is 27.9. The molecule has 9 N–H and O–H groups in total. The maximum absolute atomic E-state index is 13.8. The first-order valence-corrected chi connectivity index (χ1v) is 14.2. The van der Waals surface area contributed by atoms with E-state index in [0.29, 0.717) is 0 Å². The Morgan fingerprint density at radius 3 is 1.92 bits per heavy atom. The SMILES string of the molecule is Nc1cccc(C2=C(S(=O)(=O)O)C(S(=O)(=O)O)C(N)(S(=O)(=O)O)C3=C2C(=O)c2c(N)cccc2C3=O)c1. The molecule has 0 fully saturated rings. The number of nitrogens with two attached hydrogens (primary N) is 3. The third-order valence-corrected chi connectivity index (χ3v) is 9.76. The van der Waals surface area contributed by atoms with Crippen LogP contribution in [0.3, 0.4) is 0 Å². The fourth-order valence-electron chi connectivity index (χ4n) is 4.56. The van der Waals surface area contributed by atoms with Crippen molar-refractivity contribution >= 4 is 58.9 Å². The maximum Gasteiger partial charge on any atom is 0.292 e. The number of hydrogen-bond donors (Lipinski definition) is 6. The molecule has 14 nitrogen and oxygen atoms in total. The Morgan fingerprint density at radius 1 is 0.811 bits per heavy atom. The van der Waals surface area contributed by atoms with Crippen molar-refractivity contribution in [3.8, 4) is 0 Å². The summed E-state index contributed by atoms with van der Waals surface area (Å²) in [4.78, 5) is 21.6. The highest BCUT2D eigenvalue weighted by Crippen LogP contribution is 2.51. The molecule has 0 saturated heterocycles. The molecule has 0 aliphatic heterocycles. The molecule has 2 aliphatic rings. The molecule has 2 aliphatic carbocycles. The summed E-state index contributed by atoms with van der Waals surface area (Å²) < 4.78 is 106. The lowest BCUT2D eigenvalue weighted by molar-refractivity contribution is 0.0969. The van der Waals surface area contributed by atoms with E-state index in [1.54, 1.807) is 0 Å². The molecule has 0 heterocycles. The zero-order valence-electron chi connectivity index (χ0n) is 18.2. The van der Waals surface area contributed by atoms with Gasteiger partial charge in [-0.1, -0.05) is 24.3 Å². The lowest BCUT2D eigenvalue weighted by Gasteiger charge is -2.41. The summed E-state index contributed by atoms with van der Waals surface area (Å²) in [6.45, 7) is 0. The number of nitrogen functional groups attached to an aromatic ring is 2. The van der Waals surface area contributed by atoms with E-state index in [1.807, 2.05) is 0 Å². The Bertz CT molecular complexity index is 1820. The lowest BCUT2D eigenvalue weighted by Crippen LogP contribution is -2.65. The topological polar surface area (TPSA) is 275 Å². The molecular formula is C20H17N3O11S3. The van der Waals surface area contributed by atoms with E-state index in [9.17, 15) is 48.5 Å². The van der Waals surface area contributed by atoms with Crippen LogP contribution < -0.4 is 17.2 Å². The molecule has 37 heavy (non-hydrogen) atoms. The third-order valence-electron chi connectivity index (χ3n) is 5.97. The van der Waals surface area contributed by atoms with Crippen LogP contribution in [0.2, 0.25) is 0 Å². The average Bonchev–Trinajstić information content (AvgIpc) is 2.74. The highest BCUT2D eigenvalue weighted by Gasteiger charge is 2.66. The van der Waals surface area contributed by atoms with Crippen LogP contribution in [0, 0.1) is 0 Å². The third kappa shape index (κ3) is 3.79. The standard InChI is InChI=1S/C20H17N3O11S3/c21-9-4-1-3-8(7-9)12-14-15(16(24)10-5-2-6-11(22)13(10)17(14)25)20(23,37(32,33)34)19(36(29,30)31)18(12)35(26,27)28/h1-7,19H,21-23H2,(H,26,27,28)(H,29,30,31)(H,32,33,34). The van der Waals surface area contributed by atoms with Crippen molar-refractivity contribution in [1.82, 2.24) is 0 Å². The molecule has 4 rings (SSSR count). The van der Waals surface area contributed by atoms with Crippen LogP contribution in [-0.4, -0.2) is 60.6 Å². The van der Waals surface area contributed by atoms with Crippen molar-refractivity contribution in [2.75, 3.05) is 11.5 Å². The lowest BCUT2D eigenvalue weighted by atomic mass is 9.72. The highest BCUT2D eigenvalue weighted by atomic mass is 32.2. The van der Waals surface area contributed by atoms with Crippen molar-refractivity contribution in [2.45, 2.75) is 10.1 Å². The van der Waals surface area contributed by atoms with E-state index >= 15 is 0 Å². The number of allylic oxidation sites excluding steroid dienone is 2. The van der Waals surface area contributed by atoms with Gasteiger partial charge in [0, 0.05) is 28.1 Å². The number of carbonyl (C=O) groups is 2. The number of carbonyl (C=O) groups excluding carboxylic acids is 2. The molecule has 0 amide bonds. The summed E-state index contributed by atoms with van der Waals surface area (Å²) in [5.74, 6) is -2.70. The normalized spacial score (nSPS) is 22.6. The van der Waals surface area contributed by atoms with Crippen LogP contribution >= 0.6 is 0 Å². The predicted octanol–water partition coefficient (Wildman–Crippen LogP) is -0.361. The molecule has 2 aromatic rings. The summed E-state index contributed by atoms with van der Waals surface area (Å²) in [5.41, 5.74) is 12.2. The van der Waals surface area contributed by atoms with E-state index < -0.39 is 84.8 Å². The van der Waals surface area contributed by atoms with Gasteiger partial charge in [0.1, 0.15) is 4.91 Å². The number of benzene rings is 2. The number of anilines is 2. The summed E-state index contributed by atoms with van der Waals surface area (Å²) in [6, 6.07) is 8.09. The second kappa shape index (κ2) is 8.02. The van der Waals surface area contributed by atoms with Gasteiger partial charge in [-0.05, 0) is 23.8 Å². The Morgan fingerprint density at radius 2 is 1.41 bits per heavy atom. The second-order valence-electron chi connectivity index (χ2n) is 8.18. The fourth-order valence-corrected chi connectivity index (χ4v) is 8.81. The van der Waals surface area contributed by atoms with Crippen LogP contribution in [0.25, 0.3) is 5.57 Å². The first-order chi connectivity index (χ1) is 16.8. The Labute approximate surface area is 209 Å². The summed E-state index contributed by atoms with van der Waals surface area (Å²) in [5, 5.41) is -3.40. The summed E-state index contributed by atoms with van der Waals surface area (Å²) in [7, 11) is -17.9. The Balaban J connectivity index is 2.39. The van der Waals surface area contributed by atoms with Crippen molar-refractivity contribution in [2.24, 2.45) is 5.73 Å². The minimum absolute atomic E-state index is 0.0703. The van der Waals surface area contributed by atoms with Gasteiger partial charge in [-0.25, -0.2) is 0 Å². The fraction of sp³-hybridized carbons (Fsp3) is 0.100. The first-order valence-electron chi connectivity index (χ1n) is 9.86. The number of rotatable bonds is 4. The molecule has 2 atom stereocenters. The molecule has 2 aromatic carbocycles. The van der Waals surface area contributed by atoms with E-state index in [2.05, 4.69) is 0 Å². The Kier molecular flexibility index (Phi) is 5.77. The van der Waals surface area contributed by atoms with E-state index in [-0.39, 0.29) is 16.9 Å². The van der Waals surface area contributed by atoms with Gasteiger partial charge in [-0.2, -0.15) is 25.3 Å². The van der Waals surface area contributed by atoms with Gasteiger partial charge in [-0.15, -0.1) is 0 Å². The van der Waals surface area contributed by atoms with Gasteiger partial charge < -0.3 is 17.2 Å². The largest absolute Gasteiger partial charge is 0.399 e. The highest BCUT2D eigenvalue weighted by molar-refractivity contribution is 7.95. The van der Waals surface area contributed by atoms with Crippen LogP contribution in [0.15, 0.2) is 58.5 Å². The number of hydrogen-bond acceptors (Lipinski definition) is 11. The molecular weight excluding hydrogens is 554 g/mol. The predicted molar refractivity (Wildman–Crippen MR) is 130 cm³/mol. The number of Topliss-reactive ketones (excluding diaryl/α,β-unsaturated/α-hetero) is 2. The van der Waals surface area contributed by atoms with Crippen molar-refractivity contribution < 1.29 is 48.5 Å². The van der Waals surface area contributed by atoms with Crippen LogP contribution in [0.4, 0.5) is 11.4 Å². The van der Waals surface area contributed by atoms with E-state index in [0.717, 1.165) is 18.2 Å². The molecule has 2 unspecified atom stereocenters. The summed E-state index contributed by atoms with van der Waals surface area (Å²) >= 11 is 0. The van der Waals surface area contributed by atoms with Gasteiger partial charge in [0.2, 0.25) is 0 Å². The van der Waals surface area contributed by atoms with Gasteiger partial charge in [0.15, 0.2) is 21.7 Å². The number of ketones is 2. The minimum Gasteiger partial charge on any atom is -0.399 e.